The van der Waals surface area contributed by atoms with Gasteiger partial charge >= 0.3 is 5.97 Å². The number of nitrogens with one attached hydrogen (secondary N) is 1. The first kappa shape index (κ1) is 15.0. The lowest BCUT2D eigenvalue weighted by Crippen LogP contribution is -2.56. The Balaban J connectivity index is 2.34. The van der Waals surface area contributed by atoms with Crippen LogP contribution in [0.2, 0.25) is 0 Å². The van der Waals surface area contributed by atoms with E-state index in [1.807, 2.05) is 6.92 Å². The van der Waals surface area contributed by atoms with Crippen molar-refractivity contribution in [2.45, 2.75) is 24.3 Å². The molecule has 1 saturated heterocycles. The van der Waals surface area contributed by atoms with E-state index < -0.39 is 22.0 Å². The summed E-state index contributed by atoms with van der Waals surface area (Å²) in [5.74, 6) is -1.13. The van der Waals surface area contributed by atoms with Crippen molar-refractivity contribution in [2.75, 3.05) is 19.6 Å². The molecule has 2 N–H and O–H groups in total. The Labute approximate surface area is 118 Å². The van der Waals surface area contributed by atoms with Crippen molar-refractivity contribution < 1.29 is 18.3 Å². The molecule has 1 unspecified atom stereocenters. The van der Waals surface area contributed by atoms with Crippen LogP contribution >= 0.6 is 0 Å². The molecule has 0 bridgehead atoms. The Morgan fingerprint density at radius 1 is 1.40 bits per heavy atom. The summed E-state index contributed by atoms with van der Waals surface area (Å²) in [6, 6.07) is 5.53. The van der Waals surface area contributed by atoms with Gasteiger partial charge in [-0.1, -0.05) is 19.1 Å². The summed E-state index contributed by atoms with van der Waals surface area (Å²) >= 11 is 0. The minimum Gasteiger partial charge on any atom is -0.480 e. The molecule has 0 aliphatic carbocycles. The van der Waals surface area contributed by atoms with Crippen LogP contribution in [0.15, 0.2) is 29.2 Å². The number of sulfonamides is 1. The number of rotatable bonds is 4. The van der Waals surface area contributed by atoms with E-state index in [9.17, 15) is 13.2 Å². The summed E-state index contributed by atoms with van der Waals surface area (Å²) in [4.78, 5) is 11.3. The highest BCUT2D eigenvalue weighted by atomic mass is 32.2. The topological polar surface area (TPSA) is 86.7 Å². The van der Waals surface area contributed by atoms with Crippen LogP contribution in [0.3, 0.4) is 0 Å². The number of carbonyl (C=O) groups is 1. The van der Waals surface area contributed by atoms with E-state index in [0.717, 1.165) is 16.3 Å². The lowest BCUT2D eigenvalue weighted by atomic mass is 10.2. The van der Waals surface area contributed by atoms with Crippen LogP contribution in [-0.4, -0.2) is 49.5 Å². The second-order valence-electron chi connectivity index (χ2n) is 4.67. The molecule has 1 aliphatic heterocycles. The minimum atomic E-state index is -3.77. The highest BCUT2D eigenvalue weighted by molar-refractivity contribution is 7.89. The fourth-order valence-electron chi connectivity index (χ4n) is 2.22. The number of carboxylic acids is 1. The molecule has 0 aromatic heterocycles. The standard InChI is InChI=1S/C13H18N2O4S/c1-2-10-3-5-11(6-4-10)20(18,19)15-8-7-14-9-12(15)13(16)17/h3-6,12,14H,2,7-9H2,1H3,(H,16,17). The third kappa shape index (κ3) is 2.84. The van der Waals surface area contributed by atoms with Gasteiger partial charge in [-0.3, -0.25) is 4.79 Å². The normalized spacial score (nSPS) is 20.8. The highest BCUT2D eigenvalue weighted by Gasteiger charge is 2.37. The molecule has 7 heteroatoms. The van der Waals surface area contributed by atoms with Gasteiger partial charge in [0.25, 0.3) is 0 Å². The number of nitrogens with zero attached hydrogens (tertiary/aromatic N) is 1. The van der Waals surface area contributed by atoms with Gasteiger partial charge in [-0.05, 0) is 24.1 Å². The van der Waals surface area contributed by atoms with E-state index in [0.29, 0.717) is 6.54 Å². The maximum atomic E-state index is 12.5. The van der Waals surface area contributed by atoms with E-state index in [1.165, 1.54) is 12.1 Å². The largest absolute Gasteiger partial charge is 0.480 e. The van der Waals surface area contributed by atoms with Crippen LogP contribution in [0, 0.1) is 0 Å². The summed E-state index contributed by atoms with van der Waals surface area (Å²) < 4.78 is 26.1. The van der Waals surface area contributed by atoms with Gasteiger partial charge in [-0.25, -0.2) is 8.42 Å². The predicted molar refractivity (Wildman–Crippen MR) is 74.0 cm³/mol. The molecule has 20 heavy (non-hydrogen) atoms. The zero-order valence-electron chi connectivity index (χ0n) is 11.2. The third-order valence-corrected chi connectivity index (χ3v) is 5.34. The quantitative estimate of drug-likeness (QED) is 0.834. The first-order valence-corrected chi connectivity index (χ1v) is 7.95. The van der Waals surface area contributed by atoms with Crippen molar-refractivity contribution >= 4 is 16.0 Å². The fourth-order valence-corrected chi connectivity index (χ4v) is 3.80. The molecule has 1 aromatic rings. The lowest BCUT2D eigenvalue weighted by molar-refractivity contribution is -0.141. The Hall–Kier alpha value is -1.44. The van der Waals surface area contributed by atoms with Crippen LogP contribution in [-0.2, 0) is 21.2 Å². The fraction of sp³-hybridized carbons (Fsp3) is 0.462. The number of benzene rings is 1. The average molecular weight is 298 g/mol. The number of piperazine rings is 1. The Bertz CT molecular complexity index is 583. The second-order valence-corrected chi connectivity index (χ2v) is 6.56. The second kappa shape index (κ2) is 5.90. The molecule has 1 aromatic carbocycles. The summed E-state index contributed by atoms with van der Waals surface area (Å²) in [7, 11) is -3.77. The SMILES string of the molecule is CCc1ccc(S(=O)(=O)N2CCNCC2C(=O)O)cc1. The summed E-state index contributed by atoms with van der Waals surface area (Å²) in [6.07, 6.45) is 0.825. The van der Waals surface area contributed by atoms with Crippen LogP contribution in [0.4, 0.5) is 0 Å². The molecule has 1 aliphatic rings. The number of aryl methyl sites for hydroxylation is 1. The average Bonchev–Trinajstić information content (AvgIpc) is 2.47. The van der Waals surface area contributed by atoms with Crippen LogP contribution in [0.1, 0.15) is 12.5 Å². The maximum absolute atomic E-state index is 12.5. The van der Waals surface area contributed by atoms with Crippen molar-refractivity contribution in [3.05, 3.63) is 29.8 Å². The van der Waals surface area contributed by atoms with E-state index in [4.69, 9.17) is 5.11 Å². The monoisotopic (exact) mass is 298 g/mol. The van der Waals surface area contributed by atoms with Gasteiger partial charge in [0.05, 0.1) is 4.90 Å². The van der Waals surface area contributed by atoms with Crippen molar-refractivity contribution in [1.29, 1.82) is 0 Å². The van der Waals surface area contributed by atoms with Crippen molar-refractivity contribution in [2.24, 2.45) is 0 Å². The van der Waals surface area contributed by atoms with Crippen LogP contribution in [0.5, 0.6) is 0 Å². The van der Waals surface area contributed by atoms with Crippen LogP contribution < -0.4 is 5.32 Å². The Morgan fingerprint density at radius 3 is 2.60 bits per heavy atom. The molecule has 1 atom stereocenters. The summed E-state index contributed by atoms with van der Waals surface area (Å²) in [5, 5.41) is 12.1. The van der Waals surface area contributed by atoms with Gasteiger partial charge in [0.1, 0.15) is 6.04 Å². The lowest BCUT2D eigenvalue weighted by Gasteiger charge is -2.32. The molecule has 0 saturated carbocycles. The number of carboxylic acid groups (broad SMARTS) is 1. The van der Waals surface area contributed by atoms with E-state index in [-0.39, 0.29) is 18.0 Å². The van der Waals surface area contributed by atoms with Crippen LogP contribution in [0.25, 0.3) is 0 Å². The van der Waals surface area contributed by atoms with Gasteiger partial charge < -0.3 is 10.4 Å². The van der Waals surface area contributed by atoms with Crippen molar-refractivity contribution in [1.82, 2.24) is 9.62 Å². The molecule has 2 rings (SSSR count). The molecule has 0 radical (unpaired) electrons. The summed E-state index contributed by atoms with van der Waals surface area (Å²) in [6.45, 7) is 2.73. The molecule has 1 fully saturated rings. The first-order chi connectivity index (χ1) is 9.46. The van der Waals surface area contributed by atoms with Gasteiger partial charge in [-0.15, -0.1) is 0 Å². The molecular weight excluding hydrogens is 280 g/mol. The van der Waals surface area contributed by atoms with Gasteiger partial charge in [0, 0.05) is 19.6 Å². The Kier molecular flexibility index (Phi) is 4.42. The number of hydrogen-bond acceptors (Lipinski definition) is 4. The number of hydrogen-bond donors (Lipinski definition) is 2. The van der Waals surface area contributed by atoms with E-state index >= 15 is 0 Å². The molecule has 0 spiro atoms. The van der Waals surface area contributed by atoms with E-state index in [1.54, 1.807) is 12.1 Å². The van der Waals surface area contributed by atoms with Gasteiger partial charge in [-0.2, -0.15) is 4.31 Å². The zero-order chi connectivity index (χ0) is 14.8. The molecule has 1 heterocycles. The number of aliphatic carboxylic acids is 1. The highest BCUT2D eigenvalue weighted by Crippen LogP contribution is 2.20. The molecular formula is C13H18N2O4S. The molecule has 0 amide bonds. The molecule has 110 valence electrons. The Morgan fingerprint density at radius 2 is 2.05 bits per heavy atom. The minimum absolute atomic E-state index is 0.127. The van der Waals surface area contributed by atoms with Gasteiger partial charge in [0.15, 0.2) is 0 Å². The molecule has 6 nitrogen and oxygen atoms in total. The van der Waals surface area contributed by atoms with Crippen molar-refractivity contribution in [3.8, 4) is 0 Å². The third-order valence-electron chi connectivity index (χ3n) is 3.42. The first-order valence-electron chi connectivity index (χ1n) is 6.51. The van der Waals surface area contributed by atoms with Crippen molar-refractivity contribution in [3.63, 3.8) is 0 Å². The van der Waals surface area contributed by atoms with Gasteiger partial charge in [0.2, 0.25) is 10.0 Å². The maximum Gasteiger partial charge on any atom is 0.323 e. The smallest absolute Gasteiger partial charge is 0.323 e. The predicted octanol–water partition coefficient (Wildman–Crippen LogP) is 0.296. The zero-order valence-corrected chi connectivity index (χ0v) is 12.1. The van der Waals surface area contributed by atoms with E-state index in [2.05, 4.69) is 5.32 Å². The summed E-state index contributed by atoms with van der Waals surface area (Å²) in [5.41, 5.74) is 1.04.